The summed E-state index contributed by atoms with van der Waals surface area (Å²) in [7, 11) is 0. The monoisotopic (exact) mass is 191 g/mol. The highest BCUT2D eigenvalue weighted by Crippen LogP contribution is 2.24. The van der Waals surface area contributed by atoms with E-state index in [2.05, 4.69) is 38.2 Å². The second-order valence-corrected chi connectivity index (χ2v) is 4.39. The second-order valence-electron chi connectivity index (χ2n) is 4.39. The highest BCUT2D eigenvalue weighted by molar-refractivity contribution is 4.88. The van der Waals surface area contributed by atoms with E-state index in [0.29, 0.717) is 0 Å². The lowest BCUT2D eigenvalue weighted by Gasteiger charge is -2.19. The van der Waals surface area contributed by atoms with Gasteiger partial charge in [-0.25, -0.2) is 0 Å². The van der Waals surface area contributed by atoms with Gasteiger partial charge in [0.1, 0.15) is 0 Å². The van der Waals surface area contributed by atoms with Crippen LogP contribution in [0.15, 0.2) is 18.2 Å². The van der Waals surface area contributed by atoms with Gasteiger partial charge in [-0.1, -0.05) is 38.5 Å². The molecular weight excluding hydrogens is 168 g/mol. The van der Waals surface area contributed by atoms with E-state index in [4.69, 9.17) is 0 Å². The van der Waals surface area contributed by atoms with Gasteiger partial charge in [0, 0.05) is 0 Å². The van der Waals surface area contributed by atoms with Crippen LogP contribution in [0.3, 0.4) is 0 Å². The minimum absolute atomic E-state index is 0.826. The van der Waals surface area contributed by atoms with Gasteiger partial charge in [0.25, 0.3) is 0 Å². The minimum Gasteiger partial charge on any atom is -0.0885 e. The maximum absolute atomic E-state index is 3.41. The summed E-state index contributed by atoms with van der Waals surface area (Å²) < 4.78 is 0. The quantitative estimate of drug-likeness (QED) is 0.534. The third kappa shape index (κ3) is 4.13. The normalized spacial score (nSPS) is 34.4. The van der Waals surface area contributed by atoms with Crippen LogP contribution in [0.2, 0.25) is 0 Å². The Labute approximate surface area is 89.1 Å². The first kappa shape index (κ1) is 11.6. The molecule has 0 aromatic carbocycles. The van der Waals surface area contributed by atoms with Gasteiger partial charge in [-0.15, -0.1) is 0 Å². The fourth-order valence-corrected chi connectivity index (χ4v) is 2.08. The van der Waals surface area contributed by atoms with Crippen LogP contribution in [-0.2, 0) is 0 Å². The third-order valence-electron chi connectivity index (χ3n) is 3.26. The number of hydrogen-bond donors (Lipinski definition) is 0. The molecule has 0 heteroatoms. The Balaban J connectivity index is 2.52. The minimum atomic E-state index is 0.826. The number of rotatable bonds is 1. The van der Waals surface area contributed by atoms with Crippen LogP contribution in [0.25, 0.3) is 0 Å². The summed E-state index contributed by atoms with van der Waals surface area (Å²) in [5.41, 5.74) is 0. The van der Waals surface area contributed by atoms with Crippen molar-refractivity contribution in [3.05, 3.63) is 24.3 Å². The van der Waals surface area contributed by atoms with Crippen molar-refractivity contribution in [2.75, 3.05) is 0 Å². The molecule has 0 aromatic rings. The predicted molar refractivity (Wildman–Crippen MR) is 63.0 cm³/mol. The Morgan fingerprint density at radius 1 is 1.29 bits per heavy atom. The molecule has 1 aliphatic carbocycles. The van der Waals surface area contributed by atoms with Gasteiger partial charge in [0.05, 0.1) is 0 Å². The molecule has 0 N–H and O–H groups in total. The summed E-state index contributed by atoms with van der Waals surface area (Å²) in [5.74, 6) is 1.68. The topological polar surface area (TPSA) is 0 Å². The van der Waals surface area contributed by atoms with E-state index in [9.17, 15) is 0 Å². The molecule has 79 valence electrons. The lowest BCUT2D eigenvalue weighted by Crippen LogP contribution is -2.09. The molecule has 0 fully saturated rings. The summed E-state index contributed by atoms with van der Waals surface area (Å²) in [6.07, 6.45) is 17.8. The van der Waals surface area contributed by atoms with Crippen molar-refractivity contribution in [3.63, 3.8) is 0 Å². The molecule has 0 saturated carbocycles. The summed E-state index contributed by atoms with van der Waals surface area (Å²) in [6, 6.07) is 0. The fourth-order valence-electron chi connectivity index (χ4n) is 2.08. The standard InChI is InChI=1S/C14H23/c1-3-14-12-10-8-6-4-5-7-9-11-13(14)2/h7,9-10,13-14H,3-6,11-12H2,1-2H3/b9-7-,10-8?. The van der Waals surface area contributed by atoms with Crippen molar-refractivity contribution in [3.8, 4) is 0 Å². The molecule has 1 aliphatic rings. The van der Waals surface area contributed by atoms with Crippen molar-refractivity contribution >= 4 is 0 Å². The van der Waals surface area contributed by atoms with Crippen LogP contribution in [0, 0.1) is 17.9 Å². The molecule has 0 bridgehead atoms. The smallest absolute Gasteiger partial charge is 0.0276 e. The van der Waals surface area contributed by atoms with E-state index in [1.165, 1.54) is 32.1 Å². The highest BCUT2D eigenvalue weighted by atomic mass is 14.2. The summed E-state index contributed by atoms with van der Waals surface area (Å²) in [4.78, 5) is 0. The molecule has 0 aliphatic heterocycles. The molecule has 0 spiro atoms. The van der Waals surface area contributed by atoms with Crippen molar-refractivity contribution in [2.45, 2.75) is 52.4 Å². The van der Waals surface area contributed by atoms with Gasteiger partial charge in [0.2, 0.25) is 0 Å². The summed E-state index contributed by atoms with van der Waals surface area (Å²) in [5, 5.41) is 0. The van der Waals surface area contributed by atoms with Crippen molar-refractivity contribution in [1.29, 1.82) is 0 Å². The van der Waals surface area contributed by atoms with E-state index in [-0.39, 0.29) is 0 Å². The Morgan fingerprint density at radius 2 is 2.14 bits per heavy atom. The fraction of sp³-hybridized carbons (Fsp3) is 0.714. The maximum Gasteiger partial charge on any atom is -0.0276 e. The van der Waals surface area contributed by atoms with Gasteiger partial charge in [0.15, 0.2) is 0 Å². The average Bonchev–Trinajstić information content (AvgIpc) is 2.24. The van der Waals surface area contributed by atoms with Crippen LogP contribution >= 0.6 is 0 Å². The molecule has 2 unspecified atom stereocenters. The van der Waals surface area contributed by atoms with Gasteiger partial charge in [-0.3, -0.25) is 0 Å². The van der Waals surface area contributed by atoms with Gasteiger partial charge >= 0.3 is 0 Å². The van der Waals surface area contributed by atoms with Crippen LogP contribution in [0.1, 0.15) is 52.4 Å². The molecule has 0 saturated heterocycles. The van der Waals surface area contributed by atoms with E-state index >= 15 is 0 Å². The highest BCUT2D eigenvalue weighted by Gasteiger charge is 2.12. The average molecular weight is 191 g/mol. The Hall–Kier alpha value is -0.520. The van der Waals surface area contributed by atoms with Crippen LogP contribution in [-0.4, -0.2) is 0 Å². The summed E-state index contributed by atoms with van der Waals surface area (Å²) >= 11 is 0. The van der Waals surface area contributed by atoms with E-state index in [1.54, 1.807) is 0 Å². The molecule has 14 heavy (non-hydrogen) atoms. The molecule has 1 radical (unpaired) electrons. The van der Waals surface area contributed by atoms with Crippen molar-refractivity contribution < 1.29 is 0 Å². The number of hydrogen-bond acceptors (Lipinski definition) is 0. The lowest BCUT2D eigenvalue weighted by molar-refractivity contribution is 0.352. The SMILES string of the molecule is CCC1C/C=[C]\CCC/C=C\CC1C. The van der Waals surface area contributed by atoms with Crippen LogP contribution in [0.5, 0.6) is 0 Å². The Bertz CT molecular complexity index is 188. The molecule has 1 rings (SSSR count). The Kier molecular flexibility index (Phi) is 5.66. The molecule has 0 amide bonds. The number of allylic oxidation sites excluding steroid dienone is 4. The lowest BCUT2D eigenvalue weighted by atomic mass is 9.86. The zero-order valence-corrected chi connectivity index (χ0v) is 9.63. The zero-order valence-electron chi connectivity index (χ0n) is 9.63. The van der Waals surface area contributed by atoms with Gasteiger partial charge in [-0.2, -0.15) is 0 Å². The zero-order chi connectivity index (χ0) is 10.2. The second kappa shape index (κ2) is 6.86. The Morgan fingerprint density at radius 3 is 2.93 bits per heavy atom. The predicted octanol–water partition coefficient (Wildman–Crippen LogP) is 4.53. The molecule has 2 atom stereocenters. The van der Waals surface area contributed by atoms with Crippen LogP contribution < -0.4 is 0 Å². The molecule has 0 heterocycles. The largest absolute Gasteiger partial charge is 0.0885 e. The van der Waals surface area contributed by atoms with Crippen molar-refractivity contribution in [1.82, 2.24) is 0 Å². The first-order chi connectivity index (χ1) is 6.84. The molecular formula is C14H23. The molecule has 0 nitrogen and oxygen atoms in total. The van der Waals surface area contributed by atoms with E-state index in [0.717, 1.165) is 18.3 Å². The first-order valence-electron chi connectivity index (χ1n) is 6.04. The van der Waals surface area contributed by atoms with E-state index < -0.39 is 0 Å². The summed E-state index contributed by atoms with van der Waals surface area (Å²) in [6.45, 7) is 4.68. The maximum atomic E-state index is 3.41. The molecule has 0 aromatic heterocycles. The van der Waals surface area contributed by atoms with Crippen LogP contribution in [0.4, 0.5) is 0 Å². The van der Waals surface area contributed by atoms with Gasteiger partial charge < -0.3 is 0 Å². The van der Waals surface area contributed by atoms with Gasteiger partial charge in [-0.05, 0) is 50.0 Å². The third-order valence-corrected chi connectivity index (χ3v) is 3.26. The van der Waals surface area contributed by atoms with E-state index in [1.807, 2.05) is 0 Å². The van der Waals surface area contributed by atoms with Crippen molar-refractivity contribution in [2.24, 2.45) is 11.8 Å². The first-order valence-corrected chi connectivity index (χ1v) is 6.04.